The lowest BCUT2D eigenvalue weighted by molar-refractivity contribution is -0.149. The largest absolute Gasteiger partial charge is 0.494 e. The van der Waals surface area contributed by atoms with Gasteiger partial charge in [0.05, 0.1) is 13.2 Å². The molecule has 0 aliphatic carbocycles. The Labute approximate surface area is 124 Å². The van der Waals surface area contributed by atoms with Crippen LogP contribution in [-0.2, 0) is 14.3 Å². The molecular weight excluding hydrogens is 274 g/mol. The number of benzene rings is 1. The molecule has 0 radical (unpaired) electrons. The van der Waals surface area contributed by atoms with Crippen LogP contribution in [0.15, 0.2) is 24.3 Å². The number of carbonyl (C=O) groups is 2. The Morgan fingerprint density at radius 2 is 2.19 bits per heavy atom. The normalized spacial score (nSPS) is 13.1. The molecule has 2 atom stereocenters. The summed E-state index contributed by atoms with van der Waals surface area (Å²) in [5.41, 5.74) is 0.469. The summed E-state index contributed by atoms with van der Waals surface area (Å²) in [6, 6.07) is 5.62. The molecule has 1 aromatic rings. The fraction of sp³-hybridized carbons (Fsp3) is 0.467. The second-order valence-corrected chi connectivity index (χ2v) is 4.38. The maximum absolute atomic E-state index is 11.8. The first-order chi connectivity index (χ1) is 10.1. The van der Waals surface area contributed by atoms with Crippen molar-refractivity contribution in [1.29, 1.82) is 0 Å². The van der Waals surface area contributed by atoms with Gasteiger partial charge in [-0.25, -0.2) is 4.79 Å². The van der Waals surface area contributed by atoms with E-state index in [1.807, 2.05) is 6.92 Å². The molecule has 1 aromatic carbocycles. The van der Waals surface area contributed by atoms with Crippen molar-refractivity contribution in [2.75, 3.05) is 13.2 Å². The van der Waals surface area contributed by atoms with Gasteiger partial charge in [0.2, 0.25) is 6.41 Å². The van der Waals surface area contributed by atoms with Crippen molar-refractivity contribution < 1.29 is 24.2 Å². The van der Waals surface area contributed by atoms with Gasteiger partial charge >= 0.3 is 5.97 Å². The number of rotatable bonds is 9. The molecule has 0 aromatic heterocycles. The standard InChI is InChI=1S/C15H21NO5/c1-3-8-21-12-7-5-6-11(9-12)14(18)13(16-10-17)15(19)20-4-2/h5-7,9-10,13-14,18H,3-4,8H2,1-2H3,(H,16,17). The average molecular weight is 295 g/mol. The SMILES string of the molecule is CCCOc1cccc(C(O)C(NC=O)C(=O)OCC)c1. The number of aliphatic hydroxyl groups is 1. The van der Waals surface area contributed by atoms with Crippen LogP contribution in [0.2, 0.25) is 0 Å². The van der Waals surface area contributed by atoms with Gasteiger partial charge in [-0.05, 0) is 31.0 Å². The fourth-order valence-corrected chi connectivity index (χ4v) is 1.79. The molecule has 0 aliphatic heterocycles. The highest BCUT2D eigenvalue weighted by Gasteiger charge is 2.29. The van der Waals surface area contributed by atoms with Gasteiger partial charge in [0.1, 0.15) is 11.9 Å². The Hall–Kier alpha value is -2.08. The van der Waals surface area contributed by atoms with Gasteiger partial charge in [-0.2, -0.15) is 0 Å². The summed E-state index contributed by atoms with van der Waals surface area (Å²) >= 11 is 0. The summed E-state index contributed by atoms with van der Waals surface area (Å²) in [4.78, 5) is 22.4. The minimum atomic E-state index is -1.21. The second-order valence-electron chi connectivity index (χ2n) is 4.38. The summed E-state index contributed by atoms with van der Waals surface area (Å²) in [6.07, 6.45) is 0.0205. The van der Waals surface area contributed by atoms with Crippen LogP contribution in [0, 0.1) is 0 Å². The molecule has 2 N–H and O–H groups in total. The van der Waals surface area contributed by atoms with Crippen molar-refractivity contribution in [3.8, 4) is 5.75 Å². The number of hydrogen-bond donors (Lipinski definition) is 2. The first kappa shape index (κ1) is 17.0. The van der Waals surface area contributed by atoms with Crippen molar-refractivity contribution in [3.63, 3.8) is 0 Å². The molecule has 0 saturated carbocycles. The van der Waals surface area contributed by atoms with Gasteiger partial charge in [-0.1, -0.05) is 19.1 Å². The molecule has 0 saturated heterocycles. The van der Waals surface area contributed by atoms with Gasteiger partial charge in [-0.15, -0.1) is 0 Å². The summed E-state index contributed by atoms with van der Waals surface area (Å²) in [5, 5.41) is 12.6. The van der Waals surface area contributed by atoms with Gasteiger partial charge in [0.15, 0.2) is 6.04 Å². The lowest BCUT2D eigenvalue weighted by Crippen LogP contribution is -2.42. The topological polar surface area (TPSA) is 84.9 Å². The minimum Gasteiger partial charge on any atom is -0.494 e. The highest BCUT2D eigenvalue weighted by atomic mass is 16.5. The Bertz CT molecular complexity index is 463. The second kappa shape index (κ2) is 8.97. The predicted molar refractivity (Wildman–Crippen MR) is 76.8 cm³/mol. The van der Waals surface area contributed by atoms with E-state index < -0.39 is 18.1 Å². The van der Waals surface area contributed by atoms with Crippen LogP contribution in [0.5, 0.6) is 5.75 Å². The van der Waals surface area contributed by atoms with Crippen molar-refractivity contribution in [2.24, 2.45) is 0 Å². The van der Waals surface area contributed by atoms with Crippen molar-refractivity contribution >= 4 is 12.4 Å². The van der Waals surface area contributed by atoms with E-state index in [2.05, 4.69) is 5.32 Å². The maximum Gasteiger partial charge on any atom is 0.331 e. The van der Waals surface area contributed by atoms with Crippen LogP contribution in [0.3, 0.4) is 0 Å². The highest BCUT2D eigenvalue weighted by molar-refractivity contribution is 5.79. The molecule has 116 valence electrons. The van der Waals surface area contributed by atoms with E-state index in [1.54, 1.807) is 31.2 Å². The van der Waals surface area contributed by atoms with Gasteiger partial charge in [0, 0.05) is 0 Å². The fourth-order valence-electron chi connectivity index (χ4n) is 1.79. The Balaban J connectivity index is 2.89. The molecule has 0 spiro atoms. The van der Waals surface area contributed by atoms with Crippen LogP contribution in [0.25, 0.3) is 0 Å². The third-order valence-corrected chi connectivity index (χ3v) is 2.78. The van der Waals surface area contributed by atoms with Gasteiger partial charge < -0.3 is 19.9 Å². The minimum absolute atomic E-state index is 0.169. The molecular formula is C15H21NO5. The van der Waals surface area contributed by atoms with Crippen LogP contribution >= 0.6 is 0 Å². The first-order valence-electron chi connectivity index (χ1n) is 6.91. The number of amides is 1. The van der Waals surface area contributed by atoms with Gasteiger partial charge in [-0.3, -0.25) is 4.79 Å². The first-order valence-corrected chi connectivity index (χ1v) is 6.91. The molecule has 1 amide bonds. The zero-order chi connectivity index (χ0) is 15.7. The molecule has 1 rings (SSSR count). The van der Waals surface area contributed by atoms with E-state index in [0.717, 1.165) is 6.42 Å². The van der Waals surface area contributed by atoms with Crippen molar-refractivity contribution in [3.05, 3.63) is 29.8 Å². The van der Waals surface area contributed by atoms with E-state index in [9.17, 15) is 14.7 Å². The van der Waals surface area contributed by atoms with Crippen LogP contribution in [0.1, 0.15) is 31.9 Å². The third-order valence-electron chi connectivity index (χ3n) is 2.78. The summed E-state index contributed by atoms with van der Waals surface area (Å²) in [6.45, 7) is 4.38. The molecule has 2 unspecified atom stereocenters. The van der Waals surface area contributed by atoms with Crippen LogP contribution < -0.4 is 10.1 Å². The molecule has 21 heavy (non-hydrogen) atoms. The van der Waals surface area contributed by atoms with E-state index in [1.165, 1.54) is 0 Å². The number of hydrogen-bond acceptors (Lipinski definition) is 5. The average Bonchev–Trinajstić information content (AvgIpc) is 2.50. The van der Waals surface area contributed by atoms with Crippen molar-refractivity contribution in [2.45, 2.75) is 32.4 Å². The smallest absolute Gasteiger partial charge is 0.331 e. The summed E-state index contributed by atoms with van der Waals surface area (Å²) < 4.78 is 10.3. The molecule has 6 nitrogen and oxygen atoms in total. The number of carbonyl (C=O) groups excluding carboxylic acids is 2. The van der Waals surface area contributed by atoms with Gasteiger partial charge in [0.25, 0.3) is 0 Å². The third kappa shape index (κ3) is 5.07. The zero-order valence-electron chi connectivity index (χ0n) is 12.2. The summed E-state index contributed by atoms with van der Waals surface area (Å²) in [5.74, 6) is -0.0842. The number of esters is 1. The Kier molecular flexibility index (Phi) is 7.25. The number of nitrogens with one attached hydrogen (secondary N) is 1. The Morgan fingerprint density at radius 1 is 1.43 bits per heavy atom. The monoisotopic (exact) mass is 295 g/mol. The highest BCUT2D eigenvalue weighted by Crippen LogP contribution is 2.22. The number of ether oxygens (including phenoxy) is 2. The van der Waals surface area contributed by atoms with Crippen LogP contribution in [0.4, 0.5) is 0 Å². The van der Waals surface area contributed by atoms with E-state index >= 15 is 0 Å². The lowest BCUT2D eigenvalue weighted by Gasteiger charge is -2.21. The molecule has 0 fully saturated rings. The lowest BCUT2D eigenvalue weighted by atomic mass is 10.0. The van der Waals surface area contributed by atoms with E-state index in [-0.39, 0.29) is 6.61 Å². The predicted octanol–water partition coefficient (Wildman–Crippen LogP) is 1.19. The Morgan fingerprint density at radius 3 is 2.81 bits per heavy atom. The number of aliphatic hydroxyl groups excluding tert-OH is 1. The zero-order valence-corrected chi connectivity index (χ0v) is 12.2. The molecule has 0 bridgehead atoms. The molecule has 0 aliphatic rings. The quantitative estimate of drug-likeness (QED) is 0.528. The van der Waals surface area contributed by atoms with Crippen LogP contribution in [-0.4, -0.2) is 36.7 Å². The van der Waals surface area contributed by atoms with Crippen molar-refractivity contribution in [1.82, 2.24) is 5.32 Å². The molecule has 6 heteroatoms. The summed E-state index contributed by atoms with van der Waals surface area (Å²) in [7, 11) is 0. The molecule has 0 heterocycles. The maximum atomic E-state index is 11.8. The van der Waals surface area contributed by atoms with E-state index in [4.69, 9.17) is 9.47 Å². The van der Waals surface area contributed by atoms with E-state index in [0.29, 0.717) is 24.3 Å².